The summed E-state index contributed by atoms with van der Waals surface area (Å²) in [4.78, 5) is 18.9. The average molecular weight is 381 g/mol. The molecule has 1 aliphatic rings. The number of nitrogens with zero attached hydrogens (tertiary/aromatic N) is 2. The van der Waals surface area contributed by atoms with Gasteiger partial charge in [-0.3, -0.25) is 9.78 Å². The third-order valence-corrected chi connectivity index (χ3v) is 5.56. The standard InChI is InChI=1S/C22H21ClN2O2/c1-25(19-10-4-7-15-6-2-3-8-16(15)19)21(26)14-27-20-12-11-18(23)17-9-5-13-24-22(17)20/h2-3,5-6,8-9,11-13,19H,4,7,10,14H2,1H3/t19-/m0/s1. The lowest BCUT2D eigenvalue weighted by Gasteiger charge is -2.33. The predicted octanol–water partition coefficient (Wildman–Crippen LogP) is 4.80. The number of halogens is 1. The predicted molar refractivity (Wildman–Crippen MR) is 107 cm³/mol. The van der Waals surface area contributed by atoms with Crippen molar-refractivity contribution in [3.05, 3.63) is 70.9 Å². The van der Waals surface area contributed by atoms with Crippen molar-refractivity contribution in [2.75, 3.05) is 13.7 Å². The van der Waals surface area contributed by atoms with Crippen molar-refractivity contribution in [3.8, 4) is 5.75 Å². The summed E-state index contributed by atoms with van der Waals surface area (Å²) in [5.74, 6) is 0.525. The number of carbonyl (C=O) groups excluding carboxylic acids is 1. The number of rotatable bonds is 4. The Labute approximate surface area is 163 Å². The summed E-state index contributed by atoms with van der Waals surface area (Å²) in [7, 11) is 1.86. The Morgan fingerprint density at radius 2 is 2.07 bits per heavy atom. The van der Waals surface area contributed by atoms with Gasteiger partial charge in [-0.2, -0.15) is 0 Å². The summed E-state index contributed by atoms with van der Waals surface area (Å²) < 4.78 is 5.82. The monoisotopic (exact) mass is 380 g/mol. The number of aromatic nitrogens is 1. The number of hydrogen-bond donors (Lipinski definition) is 0. The molecule has 0 spiro atoms. The van der Waals surface area contributed by atoms with E-state index in [0.717, 1.165) is 24.6 Å². The van der Waals surface area contributed by atoms with Crippen molar-refractivity contribution in [1.29, 1.82) is 0 Å². The highest BCUT2D eigenvalue weighted by Crippen LogP contribution is 2.34. The van der Waals surface area contributed by atoms with Gasteiger partial charge >= 0.3 is 0 Å². The highest BCUT2D eigenvalue weighted by molar-refractivity contribution is 6.35. The number of likely N-dealkylation sites (N-methyl/N-ethyl adjacent to an activating group) is 1. The van der Waals surface area contributed by atoms with E-state index in [1.165, 1.54) is 11.1 Å². The lowest BCUT2D eigenvalue weighted by atomic mass is 9.87. The van der Waals surface area contributed by atoms with E-state index in [-0.39, 0.29) is 18.6 Å². The fourth-order valence-corrected chi connectivity index (χ4v) is 3.99. The number of benzene rings is 2. The van der Waals surface area contributed by atoms with Crippen LogP contribution in [0.4, 0.5) is 0 Å². The van der Waals surface area contributed by atoms with Crippen molar-refractivity contribution in [3.63, 3.8) is 0 Å². The third kappa shape index (κ3) is 3.50. The van der Waals surface area contributed by atoms with Crippen LogP contribution in [-0.4, -0.2) is 29.4 Å². The molecule has 138 valence electrons. The second-order valence-corrected chi connectivity index (χ2v) is 7.25. The smallest absolute Gasteiger partial charge is 0.260 e. The zero-order chi connectivity index (χ0) is 18.8. The molecule has 2 aromatic carbocycles. The Morgan fingerprint density at radius 3 is 2.96 bits per heavy atom. The molecule has 0 unspecified atom stereocenters. The maximum atomic E-state index is 12.8. The summed E-state index contributed by atoms with van der Waals surface area (Å²) in [5.41, 5.74) is 3.25. The average Bonchev–Trinajstić information content (AvgIpc) is 2.72. The van der Waals surface area contributed by atoms with Crippen LogP contribution in [0.5, 0.6) is 5.75 Å². The van der Waals surface area contributed by atoms with Crippen molar-refractivity contribution >= 4 is 28.4 Å². The Balaban J connectivity index is 1.50. The molecule has 1 amide bonds. The molecular weight excluding hydrogens is 360 g/mol. The number of aryl methyl sites for hydroxylation is 1. The molecule has 0 saturated carbocycles. The second kappa shape index (κ2) is 7.57. The van der Waals surface area contributed by atoms with Gasteiger partial charge in [-0.25, -0.2) is 0 Å². The van der Waals surface area contributed by atoms with Gasteiger partial charge in [-0.15, -0.1) is 0 Å². The number of hydrogen-bond acceptors (Lipinski definition) is 3. The Morgan fingerprint density at radius 1 is 1.22 bits per heavy atom. The molecule has 5 heteroatoms. The molecule has 0 bridgehead atoms. The van der Waals surface area contributed by atoms with E-state index >= 15 is 0 Å². The fraction of sp³-hybridized carbons (Fsp3) is 0.273. The van der Waals surface area contributed by atoms with Crippen LogP contribution in [0.2, 0.25) is 5.02 Å². The topological polar surface area (TPSA) is 42.4 Å². The first-order valence-electron chi connectivity index (χ1n) is 9.14. The highest BCUT2D eigenvalue weighted by Gasteiger charge is 2.26. The zero-order valence-corrected chi connectivity index (χ0v) is 15.9. The molecule has 0 aliphatic heterocycles. The van der Waals surface area contributed by atoms with Gasteiger partial charge in [0.25, 0.3) is 5.91 Å². The summed E-state index contributed by atoms with van der Waals surface area (Å²) in [6, 6.07) is 15.7. The first-order chi connectivity index (χ1) is 13.1. The molecule has 4 nitrogen and oxygen atoms in total. The number of amides is 1. The van der Waals surface area contributed by atoms with Crippen LogP contribution in [0, 0.1) is 0 Å². The van der Waals surface area contributed by atoms with Crippen LogP contribution < -0.4 is 4.74 Å². The number of carbonyl (C=O) groups is 1. The third-order valence-electron chi connectivity index (χ3n) is 5.23. The van der Waals surface area contributed by atoms with E-state index in [9.17, 15) is 4.79 Å². The van der Waals surface area contributed by atoms with Gasteiger partial charge in [0, 0.05) is 18.6 Å². The summed E-state index contributed by atoms with van der Waals surface area (Å²) >= 11 is 6.22. The van der Waals surface area contributed by atoms with E-state index in [0.29, 0.717) is 16.3 Å². The van der Waals surface area contributed by atoms with Gasteiger partial charge in [0.2, 0.25) is 0 Å². The second-order valence-electron chi connectivity index (χ2n) is 6.85. The van der Waals surface area contributed by atoms with Crippen molar-refractivity contribution in [1.82, 2.24) is 9.88 Å². The van der Waals surface area contributed by atoms with Gasteiger partial charge < -0.3 is 9.64 Å². The van der Waals surface area contributed by atoms with Crippen LogP contribution in [0.15, 0.2) is 54.7 Å². The Kier molecular flexibility index (Phi) is 4.99. The van der Waals surface area contributed by atoms with Crippen LogP contribution in [0.25, 0.3) is 10.9 Å². The first-order valence-corrected chi connectivity index (χ1v) is 9.52. The minimum absolute atomic E-state index is 0.0253. The zero-order valence-electron chi connectivity index (χ0n) is 15.2. The van der Waals surface area contributed by atoms with Crippen LogP contribution >= 0.6 is 11.6 Å². The largest absolute Gasteiger partial charge is 0.481 e. The Hall–Kier alpha value is -2.59. The van der Waals surface area contributed by atoms with E-state index in [2.05, 4.69) is 23.2 Å². The first kappa shape index (κ1) is 17.8. The molecule has 1 atom stereocenters. The highest BCUT2D eigenvalue weighted by atomic mass is 35.5. The van der Waals surface area contributed by atoms with Gasteiger partial charge in [0.1, 0.15) is 11.3 Å². The lowest BCUT2D eigenvalue weighted by Crippen LogP contribution is -2.36. The molecule has 0 N–H and O–H groups in total. The van der Waals surface area contributed by atoms with Crippen LogP contribution in [0.1, 0.15) is 30.0 Å². The number of fused-ring (bicyclic) bond motifs is 2. The van der Waals surface area contributed by atoms with E-state index in [4.69, 9.17) is 16.3 Å². The Bertz CT molecular complexity index is 989. The molecule has 27 heavy (non-hydrogen) atoms. The van der Waals surface area contributed by atoms with Crippen molar-refractivity contribution in [2.45, 2.75) is 25.3 Å². The van der Waals surface area contributed by atoms with Crippen LogP contribution in [0.3, 0.4) is 0 Å². The lowest BCUT2D eigenvalue weighted by molar-refractivity contribution is -0.134. The minimum atomic E-state index is -0.0456. The van der Waals surface area contributed by atoms with E-state index < -0.39 is 0 Å². The molecule has 1 aromatic heterocycles. The maximum Gasteiger partial charge on any atom is 0.260 e. The van der Waals surface area contributed by atoms with Gasteiger partial charge in [0.05, 0.1) is 11.1 Å². The van der Waals surface area contributed by atoms with Gasteiger partial charge in [-0.05, 0) is 54.7 Å². The molecule has 0 fully saturated rings. The molecule has 3 aromatic rings. The quantitative estimate of drug-likeness (QED) is 0.652. The summed E-state index contributed by atoms with van der Waals surface area (Å²) in [6.07, 6.45) is 4.84. The molecule has 0 radical (unpaired) electrons. The SMILES string of the molecule is CN(C(=O)COc1ccc(Cl)c2cccnc12)[C@H]1CCCc2ccccc21. The van der Waals surface area contributed by atoms with Gasteiger partial charge in [-0.1, -0.05) is 35.9 Å². The maximum absolute atomic E-state index is 12.8. The van der Waals surface area contributed by atoms with E-state index in [1.807, 2.05) is 30.1 Å². The molecule has 1 heterocycles. The number of ether oxygens (including phenoxy) is 1. The van der Waals surface area contributed by atoms with Crippen molar-refractivity contribution in [2.24, 2.45) is 0 Å². The normalized spacial score (nSPS) is 16.0. The van der Waals surface area contributed by atoms with Gasteiger partial charge in [0.15, 0.2) is 6.61 Å². The number of pyridine rings is 1. The van der Waals surface area contributed by atoms with Crippen LogP contribution in [-0.2, 0) is 11.2 Å². The molecular formula is C22H21ClN2O2. The molecule has 4 rings (SSSR count). The van der Waals surface area contributed by atoms with E-state index in [1.54, 1.807) is 18.3 Å². The van der Waals surface area contributed by atoms with Crippen molar-refractivity contribution < 1.29 is 9.53 Å². The molecule has 1 aliphatic carbocycles. The molecule has 0 saturated heterocycles. The fourth-order valence-electron chi connectivity index (χ4n) is 3.77. The summed E-state index contributed by atoms with van der Waals surface area (Å²) in [6.45, 7) is -0.0253. The summed E-state index contributed by atoms with van der Waals surface area (Å²) in [5, 5.41) is 1.44. The minimum Gasteiger partial charge on any atom is -0.481 e.